The standard InChI is InChI=1S/C19H12BrN3O4S/c1-27-17-7-11(6-15(20)18(17)24)5-13(9-21)19-22-16(10-28-19)12-3-2-4-14(8-12)23(25)26/h2-8,10,24H,1H3/b13-5-. The Bertz CT molecular complexity index is 1130. The maximum absolute atomic E-state index is 11.0. The van der Waals surface area contributed by atoms with Crippen LogP contribution in [0.15, 0.2) is 46.3 Å². The van der Waals surface area contributed by atoms with E-state index in [0.29, 0.717) is 31.9 Å². The Morgan fingerprint density at radius 3 is 2.89 bits per heavy atom. The Labute approximate surface area is 172 Å². The van der Waals surface area contributed by atoms with Crippen LogP contribution in [0.25, 0.3) is 22.9 Å². The van der Waals surface area contributed by atoms with E-state index in [1.165, 1.54) is 30.6 Å². The molecule has 0 fully saturated rings. The topological polar surface area (TPSA) is 109 Å². The second-order valence-electron chi connectivity index (χ2n) is 5.57. The third kappa shape index (κ3) is 4.03. The molecule has 3 aromatic rings. The summed E-state index contributed by atoms with van der Waals surface area (Å²) < 4.78 is 5.56. The van der Waals surface area contributed by atoms with Gasteiger partial charge in [-0.1, -0.05) is 12.1 Å². The van der Waals surface area contributed by atoms with Crippen LogP contribution in [0.5, 0.6) is 11.5 Å². The van der Waals surface area contributed by atoms with Gasteiger partial charge in [-0.3, -0.25) is 10.1 Å². The van der Waals surface area contributed by atoms with Crippen molar-refractivity contribution in [2.24, 2.45) is 0 Å². The number of nitro groups is 1. The number of nitrogens with zero attached hydrogens (tertiary/aromatic N) is 3. The second-order valence-corrected chi connectivity index (χ2v) is 7.28. The molecule has 0 aliphatic carbocycles. The number of allylic oxidation sites excluding steroid dienone is 1. The van der Waals surface area contributed by atoms with E-state index in [2.05, 4.69) is 27.0 Å². The third-order valence-electron chi connectivity index (χ3n) is 3.79. The first kappa shape index (κ1) is 19.5. The molecule has 1 aromatic heterocycles. The number of rotatable bonds is 5. The number of aromatic hydroxyl groups is 1. The number of ether oxygens (including phenoxy) is 1. The fourth-order valence-corrected chi connectivity index (χ4v) is 3.70. The van der Waals surface area contributed by atoms with Gasteiger partial charge in [0.25, 0.3) is 5.69 Å². The molecule has 0 amide bonds. The van der Waals surface area contributed by atoms with Crippen LogP contribution in [0.4, 0.5) is 5.69 Å². The SMILES string of the molecule is COc1cc(/C=C(/C#N)c2nc(-c3cccc([N+](=O)[O-])c3)cs2)cc(Br)c1O. The van der Waals surface area contributed by atoms with Crippen molar-refractivity contribution in [3.8, 4) is 28.8 Å². The molecular weight excluding hydrogens is 446 g/mol. The van der Waals surface area contributed by atoms with Crippen LogP contribution < -0.4 is 4.74 Å². The summed E-state index contributed by atoms with van der Waals surface area (Å²) >= 11 is 4.51. The number of methoxy groups -OCH3 is 1. The predicted molar refractivity (Wildman–Crippen MR) is 110 cm³/mol. The van der Waals surface area contributed by atoms with Crippen LogP contribution >= 0.6 is 27.3 Å². The molecule has 140 valence electrons. The van der Waals surface area contributed by atoms with Gasteiger partial charge in [-0.2, -0.15) is 5.26 Å². The lowest BCUT2D eigenvalue weighted by atomic mass is 10.1. The molecule has 28 heavy (non-hydrogen) atoms. The Kier molecular flexibility index (Phi) is 5.73. The molecule has 2 aromatic carbocycles. The lowest BCUT2D eigenvalue weighted by Gasteiger charge is -2.06. The zero-order valence-electron chi connectivity index (χ0n) is 14.4. The monoisotopic (exact) mass is 457 g/mol. The van der Waals surface area contributed by atoms with E-state index in [4.69, 9.17) is 4.74 Å². The first-order valence-corrected chi connectivity index (χ1v) is 9.49. The third-order valence-corrected chi connectivity index (χ3v) is 5.27. The minimum Gasteiger partial charge on any atom is -0.503 e. The molecule has 0 aliphatic heterocycles. The quantitative estimate of drug-likeness (QED) is 0.317. The van der Waals surface area contributed by atoms with Crippen molar-refractivity contribution in [3.63, 3.8) is 0 Å². The predicted octanol–water partition coefficient (Wildman–Crippen LogP) is 5.26. The summed E-state index contributed by atoms with van der Waals surface area (Å²) in [5.74, 6) is 0.245. The number of nitriles is 1. The van der Waals surface area contributed by atoms with Crippen molar-refractivity contribution in [2.45, 2.75) is 0 Å². The minimum atomic E-state index is -0.465. The smallest absolute Gasteiger partial charge is 0.270 e. The average Bonchev–Trinajstić information content (AvgIpc) is 3.18. The van der Waals surface area contributed by atoms with Gasteiger partial charge >= 0.3 is 0 Å². The Hall–Kier alpha value is -3.22. The first-order valence-electron chi connectivity index (χ1n) is 7.82. The molecule has 0 bridgehead atoms. The number of phenols is 1. The number of halogens is 1. The van der Waals surface area contributed by atoms with E-state index < -0.39 is 4.92 Å². The van der Waals surface area contributed by atoms with Crippen molar-refractivity contribution >= 4 is 44.6 Å². The molecule has 7 nitrogen and oxygen atoms in total. The molecule has 0 saturated heterocycles. The highest BCUT2D eigenvalue weighted by atomic mass is 79.9. The van der Waals surface area contributed by atoms with Gasteiger partial charge < -0.3 is 9.84 Å². The van der Waals surface area contributed by atoms with Gasteiger partial charge in [0, 0.05) is 23.1 Å². The molecule has 0 aliphatic rings. The number of aromatic nitrogens is 1. The molecule has 0 unspecified atom stereocenters. The lowest BCUT2D eigenvalue weighted by Crippen LogP contribution is -1.89. The van der Waals surface area contributed by atoms with Crippen LogP contribution in [-0.2, 0) is 0 Å². The fourth-order valence-electron chi connectivity index (χ4n) is 2.45. The summed E-state index contributed by atoms with van der Waals surface area (Å²) in [6, 6.07) is 11.5. The van der Waals surface area contributed by atoms with Gasteiger partial charge in [0.1, 0.15) is 11.1 Å². The summed E-state index contributed by atoms with van der Waals surface area (Å²) in [5.41, 5.74) is 2.09. The number of non-ortho nitro benzene ring substituents is 1. The summed E-state index contributed by atoms with van der Waals surface area (Å²) in [5, 5.41) is 32.6. The first-order chi connectivity index (χ1) is 13.4. The van der Waals surface area contributed by atoms with Gasteiger partial charge in [0.15, 0.2) is 11.5 Å². The zero-order chi connectivity index (χ0) is 20.3. The van der Waals surface area contributed by atoms with Crippen LogP contribution in [0.2, 0.25) is 0 Å². The molecule has 1 N–H and O–H groups in total. The second kappa shape index (κ2) is 8.21. The highest BCUT2D eigenvalue weighted by molar-refractivity contribution is 9.10. The van der Waals surface area contributed by atoms with Crippen LogP contribution in [0.3, 0.4) is 0 Å². The van der Waals surface area contributed by atoms with Crippen molar-refractivity contribution in [1.29, 1.82) is 5.26 Å². The number of phenolic OH excluding ortho intramolecular Hbond substituents is 1. The molecule has 9 heteroatoms. The molecule has 1 heterocycles. The number of hydrogen-bond donors (Lipinski definition) is 1. The van der Waals surface area contributed by atoms with Crippen LogP contribution in [0, 0.1) is 21.4 Å². The van der Waals surface area contributed by atoms with E-state index >= 15 is 0 Å². The molecule has 0 radical (unpaired) electrons. The van der Waals surface area contributed by atoms with Crippen LogP contribution in [0.1, 0.15) is 10.6 Å². The van der Waals surface area contributed by atoms with Crippen molar-refractivity contribution < 1.29 is 14.8 Å². The van der Waals surface area contributed by atoms with Crippen molar-refractivity contribution in [2.75, 3.05) is 7.11 Å². The number of hydrogen-bond acceptors (Lipinski definition) is 7. The van der Waals surface area contributed by atoms with Gasteiger partial charge in [0.2, 0.25) is 0 Å². The number of nitro benzene ring substituents is 1. The highest BCUT2D eigenvalue weighted by Gasteiger charge is 2.13. The average molecular weight is 458 g/mol. The van der Waals surface area contributed by atoms with E-state index in [1.807, 2.05) is 0 Å². The van der Waals surface area contributed by atoms with E-state index in [0.717, 1.165) is 0 Å². The number of thiazole rings is 1. The van der Waals surface area contributed by atoms with E-state index in [9.17, 15) is 20.5 Å². The highest BCUT2D eigenvalue weighted by Crippen LogP contribution is 2.36. The molecular formula is C19H12BrN3O4S. The van der Waals surface area contributed by atoms with Crippen molar-refractivity contribution in [3.05, 3.63) is 66.9 Å². The Balaban J connectivity index is 1.98. The van der Waals surface area contributed by atoms with E-state index in [1.54, 1.807) is 35.7 Å². The minimum absolute atomic E-state index is 0.0239. The summed E-state index contributed by atoms with van der Waals surface area (Å²) in [4.78, 5) is 14.9. The summed E-state index contributed by atoms with van der Waals surface area (Å²) in [6.07, 6.45) is 1.63. The number of benzene rings is 2. The molecule has 0 atom stereocenters. The molecule has 0 spiro atoms. The largest absolute Gasteiger partial charge is 0.503 e. The van der Waals surface area contributed by atoms with Gasteiger partial charge in [-0.05, 0) is 39.7 Å². The van der Waals surface area contributed by atoms with Crippen LogP contribution in [-0.4, -0.2) is 22.1 Å². The van der Waals surface area contributed by atoms with Gasteiger partial charge in [-0.15, -0.1) is 11.3 Å². The zero-order valence-corrected chi connectivity index (χ0v) is 16.8. The maximum Gasteiger partial charge on any atom is 0.270 e. The van der Waals surface area contributed by atoms with Gasteiger partial charge in [0.05, 0.1) is 27.8 Å². The van der Waals surface area contributed by atoms with E-state index in [-0.39, 0.29) is 17.2 Å². The van der Waals surface area contributed by atoms with Crippen molar-refractivity contribution in [1.82, 2.24) is 4.98 Å². The summed E-state index contributed by atoms with van der Waals surface area (Å²) in [6.45, 7) is 0. The summed E-state index contributed by atoms with van der Waals surface area (Å²) in [7, 11) is 1.44. The Morgan fingerprint density at radius 2 is 2.21 bits per heavy atom. The van der Waals surface area contributed by atoms with Gasteiger partial charge in [-0.25, -0.2) is 4.98 Å². The molecule has 0 saturated carbocycles. The lowest BCUT2D eigenvalue weighted by molar-refractivity contribution is -0.384. The maximum atomic E-state index is 11.0. The normalized spacial score (nSPS) is 11.1. The Morgan fingerprint density at radius 1 is 1.43 bits per heavy atom. The molecule has 3 rings (SSSR count). The fraction of sp³-hybridized carbons (Fsp3) is 0.0526.